The molecule has 0 fully saturated rings. The highest BCUT2D eigenvalue weighted by Crippen LogP contribution is 2.33. The van der Waals surface area contributed by atoms with E-state index in [-0.39, 0.29) is 11.8 Å². The fourth-order valence-electron chi connectivity index (χ4n) is 4.75. The zero-order chi connectivity index (χ0) is 23.7. The van der Waals surface area contributed by atoms with Crippen LogP contribution < -0.4 is 10.1 Å². The van der Waals surface area contributed by atoms with Crippen molar-refractivity contribution in [2.75, 3.05) is 13.7 Å². The molecule has 4 aromatic rings. The van der Waals surface area contributed by atoms with E-state index in [0.717, 1.165) is 22.2 Å². The van der Waals surface area contributed by atoms with Gasteiger partial charge in [-0.2, -0.15) is 0 Å². The summed E-state index contributed by atoms with van der Waals surface area (Å²) >= 11 is 1.66. The summed E-state index contributed by atoms with van der Waals surface area (Å²) in [6, 6.07) is 21.6. The predicted molar refractivity (Wildman–Crippen MR) is 134 cm³/mol. The van der Waals surface area contributed by atoms with Gasteiger partial charge in [0.15, 0.2) is 0 Å². The first-order valence-corrected chi connectivity index (χ1v) is 12.2. The minimum absolute atomic E-state index is 0.117. The van der Waals surface area contributed by atoms with Crippen molar-refractivity contribution in [3.05, 3.63) is 88.2 Å². The Labute approximate surface area is 202 Å². The van der Waals surface area contributed by atoms with Crippen LogP contribution in [0.4, 0.5) is 0 Å². The van der Waals surface area contributed by atoms with Gasteiger partial charge in [-0.05, 0) is 43.0 Å². The molecule has 0 radical (unpaired) electrons. The van der Waals surface area contributed by atoms with E-state index in [1.807, 2.05) is 77.5 Å². The molecule has 3 heterocycles. The van der Waals surface area contributed by atoms with Crippen LogP contribution >= 0.6 is 11.3 Å². The van der Waals surface area contributed by atoms with Gasteiger partial charge in [0.2, 0.25) is 5.91 Å². The van der Waals surface area contributed by atoms with Crippen molar-refractivity contribution in [1.29, 1.82) is 0 Å². The Morgan fingerprint density at radius 1 is 1.12 bits per heavy atom. The van der Waals surface area contributed by atoms with Crippen LogP contribution in [-0.4, -0.2) is 40.5 Å². The zero-order valence-corrected chi connectivity index (χ0v) is 20.1. The Kier molecular flexibility index (Phi) is 5.87. The quantitative estimate of drug-likeness (QED) is 0.430. The lowest BCUT2D eigenvalue weighted by atomic mass is 9.94. The SMILES string of the molecule is COc1ccccc1CNC(=O)[C@@]1(C)Cn2c(cc3ccccc32)C(=O)N1CCc1cccs1. The maximum Gasteiger partial charge on any atom is 0.271 e. The number of carbonyl (C=O) groups is 2. The minimum Gasteiger partial charge on any atom is -0.496 e. The summed E-state index contributed by atoms with van der Waals surface area (Å²) < 4.78 is 7.42. The second-order valence-electron chi connectivity index (χ2n) is 8.73. The molecule has 0 saturated heterocycles. The first kappa shape index (κ1) is 22.2. The van der Waals surface area contributed by atoms with Gasteiger partial charge in [-0.25, -0.2) is 0 Å². The number of rotatable bonds is 7. The molecule has 0 unspecified atom stereocenters. The van der Waals surface area contributed by atoms with E-state index in [0.29, 0.717) is 31.7 Å². The second-order valence-corrected chi connectivity index (χ2v) is 9.76. The number of fused-ring (bicyclic) bond motifs is 3. The molecule has 34 heavy (non-hydrogen) atoms. The lowest BCUT2D eigenvalue weighted by molar-refractivity contribution is -0.133. The van der Waals surface area contributed by atoms with Crippen LogP contribution in [0.25, 0.3) is 10.9 Å². The summed E-state index contributed by atoms with van der Waals surface area (Å²) in [4.78, 5) is 30.4. The largest absolute Gasteiger partial charge is 0.496 e. The first-order valence-electron chi connectivity index (χ1n) is 11.3. The number of benzene rings is 2. The summed E-state index contributed by atoms with van der Waals surface area (Å²) in [5.74, 6) is 0.427. The maximum absolute atomic E-state index is 13.7. The van der Waals surface area contributed by atoms with E-state index in [1.54, 1.807) is 23.3 Å². The van der Waals surface area contributed by atoms with E-state index in [9.17, 15) is 9.59 Å². The monoisotopic (exact) mass is 473 g/mol. The van der Waals surface area contributed by atoms with Crippen LogP contribution in [-0.2, 0) is 24.3 Å². The third-order valence-corrected chi connectivity index (χ3v) is 7.56. The number of para-hydroxylation sites is 2. The van der Waals surface area contributed by atoms with Crippen molar-refractivity contribution < 1.29 is 14.3 Å². The molecule has 1 atom stereocenters. The van der Waals surface area contributed by atoms with E-state index in [2.05, 4.69) is 11.4 Å². The normalized spacial score (nSPS) is 17.6. The fraction of sp³-hybridized carbons (Fsp3) is 0.259. The molecule has 5 rings (SSSR count). The van der Waals surface area contributed by atoms with Gasteiger partial charge < -0.3 is 19.5 Å². The molecule has 0 saturated carbocycles. The third kappa shape index (κ3) is 3.86. The Hall–Kier alpha value is -3.58. The number of hydrogen-bond donors (Lipinski definition) is 1. The Morgan fingerprint density at radius 2 is 1.91 bits per heavy atom. The molecule has 2 aromatic carbocycles. The van der Waals surface area contributed by atoms with Crippen molar-refractivity contribution in [3.8, 4) is 5.75 Å². The molecule has 7 heteroatoms. The number of nitrogens with zero attached hydrogens (tertiary/aromatic N) is 2. The Balaban J connectivity index is 1.48. The molecule has 2 amide bonds. The third-order valence-electron chi connectivity index (χ3n) is 6.62. The summed E-state index contributed by atoms with van der Waals surface area (Å²) in [6.07, 6.45) is 0.707. The van der Waals surface area contributed by atoms with Gasteiger partial charge >= 0.3 is 0 Å². The molecular weight excluding hydrogens is 446 g/mol. The lowest BCUT2D eigenvalue weighted by Gasteiger charge is -2.44. The molecule has 2 aromatic heterocycles. The van der Waals surface area contributed by atoms with Crippen molar-refractivity contribution in [2.45, 2.75) is 32.0 Å². The van der Waals surface area contributed by atoms with E-state index in [1.165, 1.54) is 4.88 Å². The molecule has 0 spiro atoms. The highest BCUT2D eigenvalue weighted by Gasteiger charge is 2.47. The van der Waals surface area contributed by atoms with Gasteiger partial charge in [-0.15, -0.1) is 11.3 Å². The number of aromatic nitrogens is 1. The molecule has 174 valence electrons. The molecule has 0 bridgehead atoms. The summed E-state index contributed by atoms with van der Waals surface area (Å²) in [7, 11) is 1.62. The lowest BCUT2D eigenvalue weighted by Crippen LogP contribution is -2.64. The van der Waals surface area contributed by atoms with Gasteiger partial charge in [0.1, 0.15) is 17.0 Å². The van der Waals surface area contributed by atoms with Gasteiger partial charge in [-0.3, -0.25) is 9.59 Å². The average Bonchev–Trinajstić information content (AvgIpc) is 3.50. The van der Waals surface area contributed by atoms with Gasteiger partial charge in [-0.1, -0.05) is 42.5 Å². The van der Waals surface area contributed by atoms with Crippen LogP contribution in [0.5, 0.6) is 5.75 Å². The smallest absolute Gasteiger partial charge is 0.271 e. The fourth-order valence-corrected chi connectivity index (χ4v) is 5.45. The van der Waals surface area contributed by atoms with Crippen LogP contribution in [0, 0.1) is 0 Å². The molecule has 0 aliphatic carbocycles. The minimum atomic E-state index is -1.04. The van der Waals surface area contributed by atoms with Crippen molar-refractivity contribution in [1.82, 2.24) is 14.8 Å². The first-order chi connectivity index (χ1) is 16.5. The Bertz CT molecular complexity index is 1340. The van der Waals surface area contributed by atoms with Crippen molar-refractivity contribution in [3.63, 3.8) is 0 Å². The number of carbonyl (C=O) groups excluding carboxylic acids is 2. The molecule has 1 aliphatic heterocycles. The molecule has 6 nitrogen and oxygen atoms in total. The number of hydrogen-bond acceptors (Lipinski definition) is 4. The summed E-state index contributed by atoms with van der Waals surface area (Å²) in [5, 5.41) is 6.11. The number of amides is 2. The van der Waals surface area contributed by atoms with Gasteiger partial charge in [0.05, 0.1) is 13.7 Å². The number of thiophene rings is 1. The predicted octanol–water partition coefficient (Wildman–Crippen LogP) is 4.49. The van der Waals surface area contributed by atoms with Crippen LogP contribution in [0.3, 0.4) is 0 Å². The van der Waals surface area contributed by atoms with Crippen molar-refractivity contribution in [2.24, 2.45) is 0 Å². The summed E-state index contributed by atoms with van der Waals surface area (Å²) in [6.45, 7) is 3.06. The van der Waals surface area contributed by atoms with Crippen LogP contribution in [0.1, 0.15) is 27.9 Å². The van der Waals surface area contributed by atoms with Crippen molar-refractivity contribution >= 4 is 34.1 Å². The Morgan fingerprint density at radius 3 is 2.71 bits per heavy atom. The summed E-state index contributed by atoms with van der Waals surface area (Å²) in [5.41, 5.74) is 1.45. The number of ether oxygens (including phenoxy) is 1. The van der Waals surface area contributed by atoms with Gasteiger partial charge in [0, 0.05) is 34.4 Å². The van der Waals surface area contributed by atoms with E-state index in [4.69, 9.17) is 4.74 Å². The standard InChI is InChI=1S/C27H27N3O3S/c1-27(26(32)28-17-20-9-4-6-12-24(20)33-2)18-29-22-11-5-3-8-19(22)16-23(29)25(31)30(27)14-13-21-10-7-15-34-21/h3-12,15-16H,13-14,17-18H2,1-2H3,(H,28,32)/t27-/m1/s1. The van der Waals surface area contributed by atoms with Crippen LogP contribution in [0.15, 0.2) is 72.1 Å². The average molecular weight is 474 g/mol. The van der Waals surface area contributed by atoms with E-state index < -0.39 is 5.54 Å². The number of nitrogens with one attached hydrogen (secondary N) is 1. The maximum atomic E-state index is 13.7. The number of methoxy groups -OCH3 is 1. The second kappa shape index (κ2) is 8.99. The highest BCUT2D eigenvalue weighted by molar-refractivity contribution is 7.09. The zero-order valence-electron chi connectivity index (χ0n) is 19.3. The molecular formula is C27H27N3O3S. The topological polar surface area (TPSA) is 63.6 Å². The van der Waals surface area contributed by atoms with Gasteiger partial charge in [0.25, 0.3) is 5.91 Å². The molecule has 1 N–H and O–H groups in total. The van der Waals surface area contributed by atoms with Crippen LogP contribution in [0.2, 0.25) is 0 Å². The molecule has 1 aliphatic rings. The van der Waals surface area contributed by atoms with E-state index >= 15 is 0 Å². The highest BCUT2D eigenvalue weighted by atomic mass is 32.1.